The predicted octanol–water partition coefficient (Wildman–Crippen LogP) is 5.92. The van der Waals surface area contributed by atoms with E-state index in [-0.39, 0.29) is 33.7 Å². The highest BCUT2D eigenvalue weighted by Crippen LogP contribution is 2.35. The quantitative estimate of drug-likeness (QED) is 0.205. The third-order valence-corrected chi connectivity index (χ3v) is 5.21. The first-order valence-corrected chi connectivity index (χ1v) is 10.8. The van der Waals surface area contributed by atoms with Crippen LogP contribution in [0.3, 0.4) is 0 Å². The molecule has 0 radical (unpaired) electrons. The SMILES string of the molecule is N#C/C(=C\c1cc(Cl)c(OCC(=O)Nc2ccccc2Cl)c(Cl)c1)C(=O)Nc1ccc(O)cc1. The number of benzene rings is 3. The molecule has 0 saturated heterocycles. The molecule has 0 heterocycles. The average molecular weight is 517 g/mol. The zero-order valence-electron chi connectivity index (χ0n) is 17.3. The van der Waals surface area contributed by atoms with E-state index in [0.29, 0.717) is 22.0 Å². The first-order valence-electron chi connectivity index (χ1n) is 9.65. The van der Waals surface area contributed by atoms with Gasteiger partial charge in [-0.3, -0.25) is 9.59 Å². The minimum Gasteiger partial charge on any atom is -0.508 e. The van der Waals surface area contributed by atoms with Crippen LogP contribution in [0.4, 0.5) is 11.4 Å². The van der Waals surface area contributed by atoms with Gasteiger partial charge in [0.2, 0.25) is 0 Å². The van der Waals surface area contributed by atoms with Crippen LogP contribution in [0, 0.1) is 11.3 Å². The van der Waals surface area contributed by atoms with Gasteiger partial charge < -0.3 is 20.5 Å². The molecule has 0 spiro atoms. The highest BCUT2D eigenvalue weighted by Gasteiger charge is 2.15. The molecule has 2 amide bonds. The van der Waals surface area contributed by atoms with Crippen LogP contribution >= 0.6 is 34.8 Å². The third-order valence-electron chi connectivity index (χ3n) is 4.32. The Morgan fingerprint density at radius 2 is 1.62 bits per heavy atom. The number of carbonyl (C=O) groups is 2. The molecule has 172 valence electrons. The van der Waals surface area contributed by atoms with Crippen LogP contribution in [-0.4, -0.2) is 23.5 Å². The lowest BCUT2D eigenvalue weighted by Crippen LogP contribution is -2.20. The van der Waals surface area contributed by atoms with E-state index < -0.39 is 11.8 Å². The number of phenolic OH excluding ortho intramolecular Hbond substituents is 1. The molecular weight excluding hydrogens is 501 g/mol. The van der Waals surface area contributed by atoms with Gasteiger partial charge in [-0.2, -0.15) is 5.26 Å². The summed E-state index contributed by atoms with van der Waals surface area (Å²) >= 11 is 18.5. The molecule has 3 aromatic carbocycles. The maximum absolute atomic E-state index is 12.4. The summed E-state index contributed by atoms with van der Waals surface area (Å²) in [5.74, 6) is -1.01. The summed E-state index contributed by atoms with van der Waals surface area (Å²) in [5.41, 5.74) is 1.01. The highest BCUT2D eigenvalue weighted by atomic mass is 35.5. The average Bonchev–Trinajstić information content (AvgIpc) is 2.80. The number of hydrogen-bond donors (Lipinski definition) is 3. The molecule has 0 aliphatic rings. The van der Waals surface area contributed by atoms with E-state index in [1.165, 1.54) is 42.5 Å². The molecule has 0 bridgehead atoms. The van der Waals surface area contributed by atoms with Crippen LogP contribution in [0.2, 0.25) is 15.1 Å². The van der Waals surface area contributed by atoms with Crippen molar-refractivity contribution in [3.05, 3.63) is 86.9 Å². The van der Waals surface area contributed by atoms with Crippen molar-refractivity contribution in [2.75, 3.05) is 17.2 Å². The number of phenols is 1. The predicted molar refractivity (Wildman–Crippen MR) is 132 cm³/mol. The summed E-state index contributed by atoms with van der Waals surface area (Å²) in [7, 11) is 0. The molecule has 0 atom stereocenters. The maximum atomic E-state index is 12.4. The van der Waals surface area contributed by atoms with Gasteiger partial charge in [0.25, 0.3) is 11.8 Å². The van der Waals surface area contributed by atoms with Crippen molar-refractivity contribution in [3.63, 3.8) is 0 Å². The Labute approximate surface area is 210 Å². The van der Waals surface area contributed by atoms with Gasteiger partial charge in [0.05, 0.1) is 20.8 Å². The van der Waals surface area contributed by atoms with E-state index in [4.69, 9.17) is 39.5 Å². The molecule has 3 N–H and O–H groups in total. The lowest BCUT2D eigenvalue weighted by Gasteiger charge is -2.12. The van der Waals surface area contributed by atoms with Gasteiger partial charge in [0.1, 0.15) is 17.4 Å². The Hall–Kier alpha value is -3.70. The lowest BCUT2D eigenvalue weighted by molar-refractivity contribution is -0.118. The molecule has 0 unspecified atom stereocenters. The number of ether oxygens (including phenoxy) is 1. The molecule has 10 heteroatoms. The summed E-state index contributed by atoms with van der Waals surface area (Å²) < 4.78 is 5.46. The number of anilines is 2. The summed E-state index contributed by atoms with van der Waals surface area (Å²) in [6.07, 6.45) is 1.31. The van der Waals surface area contributed by atoms with Crippen LogP contribution in [0.25, 0.3) is 6.08 Å². The summed E-state index contributed by atoms with van der Waals surface area (Å²) in [6.45, 7) is -0.377. The van der Waals surface area contributed by atoms with E-state index in [1.807, 2.05) is 6.07 Å². The molecular formula is C24H16Cl3N3O4. The van der Waals surface area contributed by atoms with Crippen molar-refractivity contribution >= 4 is 64.1 Å². The fraction of sp³-hybridized carbons (Fsp3) is 0.0417. The van der Waals surface area contributed by atoms with Gasteiger partial charge in [0.15, 0.2) is 12.4 Å². The Balaban J connectivity index is 1.69. The highest BCUT2D eigenvalue weighted by molar-refractivity contribution is 6.37. The Morgan fingerprint density at radius 1 is 0.971 bits per heavy atom. The number of nitrogens with zero attached hydrogens (tertiary/aromatic N) is 1. The second kappa shape index (κ2) is 11.4. The first kappa shape index (κ1) is 24.9. The lowest BCUT2D eigenvalue weighted by atomic mass is 10.1. The van der Waals surface area contributed by atoms with Gasteiger partial charge in [-0.25, -0.2) is 0 Å². The molecule has 0 aliphatic carbocycles. The smallest absolute Gasteiger partial charge is 0.266 e. The second-order valence-corrected chi connectivity index (χ2v) is 8.02. The number of hydrogen-bond acceptors (Lipinski definition) is 5. The van der Waals surface area contributed by atoms with Crippen LogP contribution in [0.5, 0.6) is 11.5 Å². The number of para-hydroxylation sites is 1. The fourth-order valence-corrected chi connectivity index (χ4v) is 3.54. The molecule has 7 nitrogen and oxygen atoms in total. The standard InChI is InChI=1S/C24H16Cl3N3O4/c25-18-3-1-2-4-21(18)30-22(32)13-34-23-19(26)10-14(11-20(23)27)9-15(12-28)24(33)29-16-5-7-17(31)8-6-16/h1-11,31H,13H2,(H,29,33)(H,30,32)/b15-9+. The summed E-state index contributed by atoms with van der Waals surface area (Å²) in [4.78, 5) is 24.6. The molecule has 0 saturated carbocycles. The summed E-state index contributed by atoms with van der Waals surface area (Å²) in [5, 5.41) is 24.4. The minimum absolute atomic E-state index is 0.0435. The van der Waals surface area contributed by atoms with E-state index in [9.17, 15) is 20.0 Å². The summed E-state index contributed by atoms with van der Waals surface area (Å²) in [6, 6.07) is 17.2. The van der Waals surface area contributed by atoms with E-state index in [1.54, 1.807) is 24.3 Å². The number of rotatable bonds is 7. The van der Waals surface area contributed by atoms with Crippen LogP contribution in [0.15, 0.2) is 66.2 Å². The largest absolute Gasteiger partial charge is 0.508 e. The van der Waals surface area contributed by atoms with Crippen molar-refractivity contribution in [1.29, 1.82) is 5.26 Å². The van der Waals surface area contributed by atoms with Crippen molar-refractivity contribution < 1.29 is 19.4 Å². The number of nitrogens with one attached hydrogen (secondary N) is 2. The van der Waals surface area contributed by atoms with E-state index >= 15 is 0 Å². The molecule has 0 aliphatic heterocycles. The Bertz CT molecular complexity index is 1280. The third kappa shape index (κ3) is 6.65. The second-order valence-electron chi connectivity index (χ2n) is 6.80. The van der Waals surface area contributed by atoms with E-state index in [0.717, 1.165) is 0 Å². The van der Waals surface area contributed by atoms with Crippen molar-refractivity contribution in [2.45, 2.75) is 0 Å². The van der Waals surface area contributed by atoms with Gasteiger partial charge in [0, 0.05) is 5.69 Å². The van der Waals surface area contributed by atoms with Crippen LogP contribution in [0.1, 0.15) is 5.56 Å². The molecule has 0 fully saturated rings. The van der Waals surface area contributed by atoms with Gasteiger partial charge in [-0.05, 0) is 60.2 Å². The van der Waals surface area contributed by atoms with E-state index in [2.05, 4.69) is 10.6 Å². The molecule has 3 aromatic rings. The number of halogens is 3. The molecule has 3 rings (SSSR count). The van der Waals surface area contributed by atoms with Gasteiger partial charge in [-0.1, -0.05) is 46.9 Å². The number of carbonyl (C=O) groups excluding carboxylic acids is 2. The zero-order valence-corrected chi connectivity index (χ0v) is 19.6. The monoisotopic (exact) mass is 515 g/mol. The van der Waals surface area contributed by atoms with Crippen molar-refractivity contribution in [2.24, 2.45) is 0 Å². The van der Waals surface area contributed by atoms with Crippen molar-refractivity contribution in [3.8, 4) is 17.6 Å². The molecule has 0 aromatic heterocycles. The Kier molecular flexibility index (Phi) is 8.39. The first-order chi connectivity index (χ1) is 16.3. The normalized spacial score (nSPS) is 10.8. The number of aromatic hydroxyl groups is 1. The van der Waals surface area contributed by atoms with Crippen LogP contribution in [-0.2, 0) is 9.59 Å². The van der Waals surface area contributed by atoms with Gasteiger partial charge >= 0.3 is 0 Å². The van der Waals surface area contributed by atoms with Gasteiger partial charge in [-0.15, -0.1) is 0 Å². The zero-order chi connectivity index (χ0) is 24.7. The molecule has 34 heavy (non-hydrogen) atoms. The maximum Gasteiger partial charge on any atom is 0.266 e. The topological polar surface area (TPSA) is 111 Å². The fourth-order valence-electron chi connectivity index (χ4n) is 2.75. The number of amides is 2. The number of nitriles is 1. The minimum atomic E-state index is -0.656. The van der Waals surface area contributed by atoms with Crippen molar-refractivity contribution in [1.82, 2.24) is 0 Å². The Morgan fingerprint density at radius 3 is 2.24 bits per heavy atom. The van der Waals surface area contributed by atoms with Crippen LogP contribution < -0.4 is 15.4 Å².